The van der Waals surface area contributed by atoms with E-state index in [1.807, 2.05) is 121 Å². The summed E-state index contributed by atoms with van der Waals surface area (Å²) in [5.74, 6) is 0.464. The number of nitrogens with one attached hydrogen (secondary N) is 2. The van der Waals surface area contributed by atoms with Crippen LogP contribution in [0.1, 0.15) is 17.7 Å². The number of hydrogen-bond donors (Lipinski definition) is 2. The molecule has 6 nitrogen and oxygen atoms in total. The van der Waals surface area contributed by atoms with Crippen LogP contribution in [-0.2, 0) is 4.79 Å². The van der Waals surface area contributed by atoms with Crippen molar-refractivity contribution in [3.05, 3.63) is 133 Å². The van der Waals surface area contributed by atoms with Crippen LogP contribution in [0.5, 0.6) is 5.75 Å². The monoisotopic (exact) mass is 605 g/mol. The van der Waals surface area contributed by atoms with Crippen LogP contribution in [0.25, 0.3) is 0 Å². The van der Waals surface area contributed by atoms with E-state index in [0.717, 1.165) is 21.0 Å². The molecule has 0 fully saturated rings. The number of nitrogens with zero attached hydrogens (tertiary/aromatic N) is 1. The molecule has 0 saturated heterocycles. The number of para-hydroxylation sites is 3. The summed E-state index contributed by atoms with van der Waals surface area (Å²) in [7, 11) is 0. The van der Waals surface area contributed by atoms with Crippen molar-refractivity contribution >= 4 is 52.5 Å². The van der Waals surface area contributed by atoms with Gasteiger partial charge in [-0.15, -0.1) is 23.5 Å². The molecule has 3 atom stereocenters. The first-order valence-corrected chi connectivity index (χ1v) is 15.9. The van der Waals surface area contributed by atoms with E-state index >= 15 is 0 Å². The number of rotatable bonds is 8. The summed E-state index contributed by atoms with van der Waals surface area (Å²) in [6.45, 7) is 2.41. The summed E-state index contributed by atoms with van der Waals surface area (Å²) < 4.78 is 5.72. The molecule has 4 aromatic rings. The average Bonchev–Trinajstić information content (AvgIpc) is 3.04. The number of thioether (sulfide) groups is 2. The molecule has 0 bridgehead atoms. The van der Waals surface area contributed by atoms with Crippen LogP contribution in [0.15, 0.2) is 137 Å². The van der Waals surface area contributed by atoms with Gasteiger partial charge in [-0.1, -0.05) is 85.0 Å². The number of hydrogen-bond acceptors (Lipinski definition) is 5. The normalized spacial score (nSPS) is 17.4. The van der Waals surface area contributed by atoms with Crippen LogP contribution in [0.2, 0.25) is 0 Å². The van der Waals surface area contributed by atoms with E-state index in [1.54, 1.807) is 11.8 Å². The third-order valence-corrected chi connectivity index (χ3v) is 9.64. The molecule has 43 heavy (non-hydrogen) atoms. The van der Waals surface area contributed by atoms with Gasteiger partial charge in [-0.3, -0.25) is 9.69 Å². The minimum Gasteiger partial charge on any atom is -0.492 e. The number of allylic oxidation sites excluding steroid dienone is 2. The third kappa shape index (κ3) is 6.50. The molecule has 2 N–H and O–H groups in total. The summed E-state index contributed by atoms with van der Waals surface area (Å²) in [6, 6.07) is 32.5. The molecule has 6 rings (SSSR count). The zero-order chi connectivity index (χ0) is 29.6. The Morgan fingerprint density at radius 3 is 2.51 bits per heavy atom. The fourth-order valence-corrected chi connectivity index (χ4v) is 7.48. The van der Waals surface area contributed by atoms with Crippen molar-refractivity contribution in [2.75, 3.05) is 22.1 Å². The van der Waals surface area contributed by atoms with Gasteiger partial charge in [0.1, 0.15) is 11.0 Å². The van der Waals surface area contributed by atoms with Gasteiger partial charge in [0, 0.05) is 15.5 Å². The maximum absolute atomic E-state index is 13.8. The summed E-state index contributed by atoms with van der Waals surface area (Å²) in [5, 5.41) is 5.79. The lowest BCUT2D eigenvalue weighted by molar-refractivity contribution is -0.115. The smallest absolute Gasteiger partial charge is 0.326 e. The number of fused-ring (bicyclic) bond motifs is 2. The lowest BCUT2D eigenvalue weighted by Crippen LogP contribution is -2.49. The molecule has 1 heterocycles. The topological polar surface area (TPSA) is 70.7 Å². The Morgan fingerprint density at radius 2 is 1.65 bits per heavy atom. The maximum Gasteiger partial charge on any atom is 0.326 e. The lowest BCUT2D eigenvalue weighted by Gasteiger charge is -2.40. The van der Waals surface area contributed by atoms with E-state index < -0.39 is 5.25 Å². The average molecular weight is 606 g/mol. The highest BCUT2D eigenvalue weighted by molar-refractivity contribution is 8.00. The van der Waals surface area contributed by atoms with E-state index in [9.17, 15) is 9.59 Å². The van der Waals surface area contributed by atoms with E-state index in [4.69, 9.17) is 4.74 Å². The van der Waals surface area contributed by atoms with E-state index in [0.29, 0.717) is 23.7 Å². The standard InChI is InChI=1S/C35H31N3O3S2/c1-2-41-30-20-9-6-17-27(30)37-34(39)33(24-13-4-3-5-14-24)42-26-16-12-15-25(23-26)36-35(40)38-28-18-7-10-21-31(28)43-32-22-11-8-19-29(32)38/h3-23,28,31,33H,2H2,1H3,(H,36,40)(H,37,39). The highest BCUT2D eigenvalue weighted by Gasteiger charge is 2.36. The largest absolute Gasteiger partial charge is 0.492 e. The molecule has 0 aromatic heterocycles. The van der Waals surface area contributed by atoms with Gasteiger partial charge in [0.25, 0.3) is 0 Å². The van der Waals surface area contributed by atoms with Crippen molar-refractivity contribution in [2.24, 2.45) is 0 Å². The van der Waals surface area contributed by atoms with E-state index in [1.165, 1.54) is 11.8 Å². The van der Waals surface area contributed by atoms with Gasteiger partial charge in [-0.05, 0) is 55.0 Å². The fourth-order valence-electron chi connectivity index (χ4n) is 5.14. The number of amides is 3. The highest BCUT2D eigenvalue weighted by atomic mass is 32.2. The predicted molar refractivity (Wildman–Crippen MR) is 177 cm³/mol. The Morgan fingerprint density at radius 1 is 0.884 bits per heavy atom. The van der Waals surface area contributed by atoms with Crippen LogP contribution < -0.4 is 20.3 Å². The molecule has 1 aliphatic heterocycles. The van der Waals surface area contributed by atoms with Gasteiger partial charge in [-0.25, -0.2) is 4.79 Å². The molecule has 2 aliphatic rings. The summed E-state index contributed by atoms with van der Waals surface area (Å²) in [6.07, 6.45) is 8.25. The van der Waals surface area contributed by atoms with Crippen LogP contribution in [0, 0.1) is 0 Å². The number of ether oxygens (including phenoxy) is 1. The molecule has 1 aliphatic carbocycles. The third-order valence-electron chi connectivity index (χ3n) is 7.09. The second-order valence-corrected chi connectivity index (χ2v) is 12.4. The van der Waals surface area contributed by atoms with Crippen LogP contribution in [0.4, 0.5) is 21.9 Å². The number of urea groups is 1. The summed E-state index contributed by atoms with van der Waals surface area (Å²) in [5.41, 5.74) is 3.05. The van der Waals surface area contributed by atoms with Crippen molar-refractivity contribution in [1.29, 1.82) is 0 Å². The molecule has 0 spiro atoms. The van der Waals surface area contributed by atoms with Crippen molar-refractivity contribution in [1.82, 2.24) is 0 Å². The van der Waals surface area contributed by atoms with Crippen molar-refractivity contribution in [3.63, 3.8) is 0 Å². The fraction of sp³-hybridized carbons (Fsp3) is 0.143. The van der Waals surface area contributed by atoms with E-state index in [-0.39, 0.29) is 23.2 Å². The molecule has 0 radical (unpaired) electrons. The van der Waals surface area contributed by atoms with Gasteiger partial charge >= 0.3 is 6.03 Å². The molecule has 216 valence electrons. The summed E-state index contributed by atoms with van der Waals surface area (Å²) >= 11 is 3.20. The molecule has 8 heteroatoms. The van der Waals surface area contributed by atoms with Gasteiger partial charge in [-0.2, -0.15) is 0 Å². The summed E-state index contributed by atoms with van der Waals surface area (Å²) in [4.78, 5) is 31.3. The molecule has 4 aromatic carbocycles. The Kier molecular flexibility index (Phi) is 8.86. The highest BCUT2D eigenvalue weighted by Crippen LogP contribution is 2.44. The molecule has 3 unspecified atom stereocenters. The second kappa shape index (κ2) is 13.3. The zero-order valence-electron chi connectivity index (χ0n) is 23.6. The molecular formula is C35H31N3O3S2. The van der Waals surface area contributed by atoms with Crippen LogP contribution in [-0.4, -0.2) is 29.8 Å². The minimum atomic E-state index is -0.534. The Labute approximate surface area is 260 Å². The number of carbonyl (C=O) groups is 2. The minimum absolute atomic E-state index is 0.0896. The SMILES string of the molecule is CCOc1ccccc1NC(=O)C(Sc1cccc(NC(=O)N2c3ccccc3SC3C=CC=CC32)c1)c1ccccc1. The zero-order valence-corrected chi connectivity index (χ0v) is 25.2. The first kappa shape index (κ1) is 28.7. The lowest BCUT2D eigenvalue weighted by atomic mass is 10.1. The van der Waals surface area contributed by atoms with Crippen LogP contribution >= 0.6 is 23.5 Å². The Bertz CT molecular complexity index is 1670. The van der Waals surface area contributed by atoms with Gasteiger partial charge in [0.15, 0.2) is 0 Å². The first-order valence-electron chi connectivity index (χ1n) is 14.2. The van der Waals surface area contributed by atoms with E-state index in [2.05, 4.69) is 28.9 Å². The van der Waals surface area contributed by atoms with Gasteiger partial charge in [0.05, 0.1) is 29.3 Å². The van der Waals surface area contributed by atoms with Gasteiger partial charge < -0.3 is 15.4 Å². The Hall–Kier alpha value is -4.40. The second-order valence-electron chi connectivity index (χ2n) is 9.97. The predicted octanol–water partition coefficient (Wildman–Crippen LogP) is 8.56. The van der Waals surface area contributed by atoms with Gasteiger partial charge in [0.2, 0.25) is 5.91 Å². The number of anilines is 3. The Balaban J connectivity index is 1.23. The van der Waals surface area contributed by atoms with Crippen LogP contribution in [0.3, 0.4) is 0 Å². The number of carbonyl (C=O) groups excluding carboxylic acids is 2. The molecule has 3 amide bonds. The number of benzene rings is 4. The molecule has 0 saturated carbocycles. The maximum atomic E-state index is 13.8. The van der Waals surface area contributed by atoms with Crippen molar-refractivity contribution in [2.45, 2.75) is 33.3 Å². The quantitative estimate of drug-likeness (QED) is 0.197. The van der Waals surface area contributed by atoms with Crippen molar-refractivity contribution < 1.29 is 14.3 Å². The first-order chi connectivity index (χ1) is 21.1. The molecular weight excluding hydrogens is 575 g/mol. The van der Waals surface area contributed by atoms with Crippen molar-refractivity contribution in [3.8, 4) is 5.75 Å².